The van der Waals surface area contributed by atoms with Gasteiger partial charge in [0.1, 0.15) is 0 Å². The van der Waals surface area contributed by atoms with Crippen LogP contribution in [0.25, 0.3) is 0 Å². The van der Waals surface area contributed by atoms with E-state index in [-0.39, 0.29) is 16.5 Å². The minimum atomic E-state index is -3.72. The van der Waals surface area contributed by atoms with Crippen LogP contribution in [0.3, 0.4) is 0 Å². The molecule has 10 heteroatoms. The third kappa shape index (κ3) is 6.33. The van der Waals surface area contributed by atoms with Gasteiger partial charge in [0.2, 0.25) is 10.0 Å². The minimum Gasteiger partial charge on any atom is -0.452 e. The molecule has 9 nitrogen and oxygen atoms in total. The van der Waals surface area contributed by atoms with E-state index >= 15 is 0 Å². The van der Waals surface area contributed by atoms with Crippen molar-refractivity contribution in [3.05, 3.63) is 29.3 Å². The summed E-state index contributed by atoms with van der Waals surface area (Å²) in [6, 6.07) is 3.27. The molecule has 0 aliphatic rings. The molecule has 0 fully saturated rings. The summed E-state index contributed by atoms with van der Waals surface area (Å²) in [5.41, 5.74) is 0.516. The molecule has 1 rings (SSSR count). The zero-order valence-electron chi connectivity index (χ0n) is 16.0. The van der Waals surface area contributed by atoms with E-state index in [0.717, 1.165) is 4.31 Å². The standard InChI is InChI=1S/C17H25N3O6S/c1-6-12(3)18-17(23)19-15(21)10-26-16(22)14-9-13(8-7-11(14)2)27(24,25)20(4)5/h7-9,12H,6,10H2,1-5H3,(H2,18,19,21,23)/t12-/m1/s1. The maximum Gasteiger partial charge on any atom is 0.338 e. The van der Waals surface area contributed by atoms with E-state index in [1.807, 2.05) is 12.2 Å². The highest BCUT2D eigenvalue weighted by Gasteiger charge is 2.21. The lowest BCUT2D eigenvalue weighted by atomic mass is 10.1. The Kier molecular flexibility index (Phi) is 7.92. The molecule has 150 valence electrons. The van der Waals surface area contributed by atoms with Crippen LogP contribution in [0.5, 0.6) is 0 Å². The third-order valence-electron chi connectivity index (χ3n) is 3.78. The average molecular weight is 399 g/mol. The van der Waals surface area contributed by atoms with E-state index in [9.17, 15) is 22.8 Å². The first-order valence-corrected chi connectivity index (χ1v) is 9.73. The number of carbonyl (C=O) groups is 3. The highest BCUT2D eigenvalue weighted by Crippen LogP contribution is 2.18. The third-order valence-corrected chi connectivity index (χ3v) is 5.60. The molecule has 0 heterocycles. The Morgan fingerprint density at radius 3 is 2.41 bits per heavy atom. The summed E-state index contributed by atoms with van der Waals surface area (Å²) in [5.74, 6) is -1.65. The first-order valence-electron chi connectivity index (χ1n) is 8.29. The van der Waals surface area contributed by atoms with Gasteiger partial charge in [0.05, 0.1) is 10.5 Å². The molecule has 1 atom stereocenters. The van der Waals surface area contributed by atoms with E-state index in [0.29, 0.717) is 12.0 Å². The number of carbonyl (C=O) groups excluding carboxylic acids is 3. The van der Waals surface area contributed by atoms with Gasteiger partial charge in [-0.05, 0) is 38.0 Å². The SMILES string of the molecule is CC[C@@H](C)NC(=O)NC(=O)COC(=O)c1cc(S(=O)(=O)N(C)C)ccc1C. The molecule has 0 aliphatic carbocycles. The maximum atomic E-state index is 12.2. The molecule has 0 aromatic heterocycles. The first kappa shape index (κ1) is 22.6. The van der Waals surface area contributed by atoms with E-state index in [1.165, 1.54) is 32.3 Å². The number of hydrogen-bond acceptors (Lipinski definition) is 6. The fourth-order valence-corrected chi connectivity index (χ4v) is 2.85. The van der Waals surface area contributed by atoms with Gasteiger partial charge in [0.15, 0.2) is 6.61 Å². The van der Waals surface area contributed by atoms with Crippen LogP contribution < -0.4 is 10.6 Å². The molecule has 3 amide bonds. The Hall–Kier alpha value is -2.46. The first-order chi connectivity index (χ1) is 12.5. The summed E-state index contributed by atoms with van der Waals surface area (Å²) in [6.07, 6.45) is 0.696. The van der Waals surface area contributed by atoms with E-state index in [2.05, 4.69) is 5.32 Å². The predicted molar refractivity (Wildman–Crippen MR) is 98.8 cm³/mol. The van der Waals surface area contributed by atoms with Crippen LogP contribution in [0, 0.1) is 6.92 Å². The van der Waals surface area contributed by atoms with Crippen molar-refractivity contribution in [1.29, 1.82) is 0 Å². The summed E-state index contributed by atoms with van der Waals surface area (Å²) in [7, 11) is -0.964. The fraction of sp³-hybridized carbons (Fsp3) is 0.471. The lowest BCUT2D eigenvalue weighted by molar-refractivity contribution is -0.123. The molecular formula is C17H25N3O6S. The molecule has 27 heavy (non-hydrogen) atoms. The van der Waals surface area contributed by atoms with Crippen LogP contribution in [-0.4, -0.2) is 57.4 Å². The second-order valence-corrected chi connectivity index (χ2v) is 8.32. The van der Waals surface area contributed by atoms with Crippen molar-refractivity contribution in [3.63, 3.8) is 0 Å². The van der Waals surface area contributed by atoms with Crippen LogP contribution in [0.15, 0.2) is 23.1 Å². The van der Waals surface area contributed by atoms with E-state index in [4.69, 9.17) is 4.74 Å². The summed E-state index contributed by atoms with van der Waals surface area (Å²) in [6.45, 7) is 4.60. The number of esters is 1. The van der Waals surface area contributed by atoms with Crippen LogP contribution in [0.1, 0.15) is 36.2 Å². The second kappa shape index (κ2) is 9.47. The minimum absolute atomic E-state index is 0.0229. The van der Waals surface area contributed by atoms with Crippen molar-refractivity contribution in [3.8, 4) is 0 Å². The van der Waals surface area contributed by atoms with Crippen LogP contribution in [0.2, 0.25) is 0 Å². The highest BCUT2D eigenvalue weighted by atomic mass is 32.2. The molecule has 0 bridgehead atoms. The molecule has 1 aromatic carbocycles. The Bertz CT molecular complexity index is 820. The van der Waals surface area contributed by atoms with Gasteiger partial charge < -0.3 is 10.1 Å². The molecule has 0 saturated heterocycles. The molecule has 0 spiro atoms. The quantitative estimate of drug-likeness (QED) is 0.660. The van der Waals surface area contributed by atoms with Crippen molar-refractivity contribution in [2.75, 3.05) is 20.7 Å². The molecule has 1 aromatic rings. The van der Waals surface area contributed by atoms with Gasteiger partial charge in [-0.2, -0.15) is 0 Å². The highest BCUT2D eigenvalue weighted by molar-refractivity contribution is 7.89. The molecule has 0 aliphatic heterocycles. The Labute approximate surface area is 159 Å². The number of ether oxygens (including phenoxy) is 1. The number of hydrogen-bond donors (Lipinski definition) is 2. The van der Waals surface area contributed by atoms with Gasteiger partial charge in [0.25, 0.3) is 5.91 Å². The number of nitrogens with one attached hydrogen (secondary N) is 2. The number of benzene rings is 1. The lowest BCUT2D eigenvalue weighted by Gasteiger charge is -2.14. The van der Waals surface area contributed by atoms with Crippen molar-refractivity contribution in [2.45, 2.75) is 38.1 Å². The summed E-state index contributed by atoms with van der Waals surface area (Å²) in [4.78, 5) is 35.4. The fourth-order valence-electron chi connectivity index (χ4n) is 1.93. The number of aryl methyl sites for hydroxylation is 1. The monoisotopic (exact) mass is 399 g/mol. The zero-order valence-corrected chi connectivity index (χ0v) is 16.8. The second-order valence-electron chi connectivity index (χ2n) is 6.17. The van der Waals surface area contributed by atoms with Gasteiger partial charge in [-0.15, -0.1) is 0 Å². The number of sulfonamides is 1. The number of nitrogens with zero attached hydrogens (tertiary/aromatic N) is 1. The summed E-state index contributed by atoms with van der Waals surface area (Å²) in [5, 5.41) is 4.59. The van der Waals surface area contributed by atoms with Gasteiger partial charge in [0, 0.05) is 20.1 Å². The molecule has 2 N–H and O–H groups in total. The van der Waals surface area contributed by atoms with Gasteiger partial charge >= 0.3 is 12.0 Å². The predicted octanol–water partition coefficient (Wildman–Crippen LogP) is 1.03. The number of rotatable bonds is 7. The van der Waals surface area contributed by atoms with Gasteiger partial charge in [-0.3, -0.25) is 10.1 Å². The maximum absolute atomic E-state index is 12.2. The van der Waals surface area contributed by atoms with Crippen LogP contribution >= 0.6 is 0 Å². The van der Waals surface area contributed by atoms with E-state index < -0.39 is 34.5 Å². The van der Waals surface area contributed by atoms with Crippen LogP contribution in [0.4, 0.5) is 4.79 Å². The topological polar surface area (TPSA) is 122 Å². The van der Waals surface area contributed by atoms with E-state index in [1.54, 1.807) is 13.8 Å². The Balaban J connectivity index is 2.78. The van der Waals surface area contributed by atoms with Gasteiger partial charge in [-0.1, -0.05) is 13.0 Å². The molecular weight excluding hydrogens is 374 g/mol. The Morgan fingerprint density at radius 1 is 1.22 bits per heavy atom. The van der Waals surface area contributed by atoms with Crippen molar-refractivity contribution < 1.29 is 27.5 Å². The van der Waals surface area contributed by atoms with Crippen molar-refractivity contribution in [2.24, 2.45) is 0 Å². The van der Waals surface area contributed by atoms with Gasteiger partial charge in [-0.25, -0.2) is 22.3 Å². The molecule has 0 radical (unpaired) electrons. The lowest BCUT2D eigenvalue weighted by Crippen LogP contribution is -2.44. The molecule has 0 unspecified atom stereocenters. The van der Waals surface area contributed by atoms with Crippen molar-refractivity contribution >= 4 is 27.9 Å². The largest absolute Gasteiger partial charge is 0.452 e. The number of urea groups is 1. The zero-order chi connectivity index (χ0) is 20.8. The number of imide groups is 1. The summed E-state index contributed by atoms with van der Waals surface area (Å²) >= 11 is 0. The Morgan fingerprint density at radius 2 is 1.85 bits per heavy atom. The normalized spacial score (nSPS) is 12.4. The molecule has 0 saturated carbocycles. The summed E-state index contributed by atoms with van der Waals surface area (Å²) < 4.78 is 30.3. The van der Waals surface area contributed by atoms with Crippen molar-refractivity contribution in [1.82, 2.24) is 14.9 Å². The number of amides is 3. The average Bonchev–Trinajstić information content (AvgIpc) is 2.59. The smallest absolute Gasteiger partial charge is 0.338 e. The van der Waals surface area contributed by atoms with Crippen LogP contribution in [-0.2, 0) is 19.6 Å².